The molecule has 31 heavy (non-hydrogen) atoms. The van der Waals surface area contributed by atoms with Crippen LogP contribution in [0.5, 0.6) is 0 Å². The summed E-state index contributed by atoms with van der Waals surface area (Å²) in [5.41, 5.74) is -1.40. The van der Waals surface area contributed by atoms with Gasteiger partial charge in [-0.3, -0.25) is 9.52 Å². The molecule has 3 aromatic rings. The predicted molar refractivity (Wildman–Crippen MR) is 113 cm³/mol. The third-order valence-electron chi connectivity index (χ3n) is 4.06. The standard InChI is InChI=1S/C20H13Cl2F3N2O3S/c21-16-9-7-13(27-31(29,30)14-4-2-1-3-5-14)11-15(16)19(28)26-18-10-12(20(23,24)25)6-8-17(18)22/h1-11,27H,(H,26,28). The van der Waals surface area contributed by atoms with Gasteiger partial charge < -0.3 is 5.32 Å². The lowest BCUT2D eigenvalue weighted by Crippen LogP contribution is -2.16. The molecule has 3 aromatic carbocycles. The zero-order valence-corrected chi connectivity index (χ0v) is 17.7. The van der Waals surface area contributed by atoms with Crippen LogP contribution in [0.2, 0.25) is 10.0 Å². The van der Waals surface area contributed by atoms with Gasteiger partial charge in [0.2, 0.25) is 0 Å². The molecule has 0 heterocycles. The smallest absolute Gasteiger partial charge is 0.321 e. The fraction of sp³-hybridized carbons (Fsp3) is 0.0500. The van der Waals surface area contributed by atoms with Crippen LogP contribution in [0.3, 0.4) is 0 Å². The molecule has 1 amide bonds. The van der Waals surface area contributed by atoms with E-state index in [0.717, 1.165) is 12.1 Å². The number of nitrogens with one attached hydrogen (secondary N) is 2. The Balaban J connectivity index is 1.88. The van der Waals surface area contributed by atoms with Crippen LogP contribution >= 0.6 is 23.2 Å². The van der Waals surface area contributed by atoms with Crippen molar-refractivity contribution < 1.29 is 26.4 Å². The van der Waals surface area contributed by atoms with E-state index >= 15 is 0 Å². The molecular weight excluding hydrogens is 476 g/mol. The lowest BCUT2D eigenvalue weighted by molar-refractivity contribution is -0.137. The summed E-state index contributed by atoms with van der Waals surface area (Å²) in [5.74, 6) is -0.869. The number of hydrogen-bond acceptors (Lipinski definition) is 3. The Morgan fingerprint density at radius 2 is 1.52 bits per heavy atom. The Morgan fingerprint density at radius 1 is 0.871 bits per heavy atom. The largest absolute Gasteiger partial charge is 0.416 e. The summed E-state index contributed by atoms with van der Waals surface area (Å²) in [7, 11) is -3.93. The van der Waals surface area contributed by atoms with E-state index in [-0.39, 0.29) is 31.9 Å². The predicted octanol–water partition coefficient (Wildman–Crippen LogP) is 6.07. The minimum Gasteiger partial charge on any atom is -0.321 e. The molecule has 3 rings (SSSR count). The topological polar surface area (TPSA) is 75.3 Å². The van der Waals surface area contributed by atoms with Gasteiger partial charge >= 0.3 is 6.18 Å². The van der Waals surface area contributed by atoms with Crippen molar-refractivity contribution in [2.24, 2.45) is 0 Å². The van der Waals surface area contributed by atoms with Crippen molar-refractivity contribution in [3.63, 3.8) is 0 Å². The summed E-state index contributed by atoms with van der Waals surface area (Å²) in [4.78, 5) is 12.6. The number of carbonyl (C=O) groups excluding carboxylic acids is 1. The second-order valence-electron chi connectivity index (χ2n) is 6.26. The molecule has 0 atom stereocenters. The third kappa shape index (κ3) is 5.49. The van der Waals surface area contributed by atoms with E-state index in [9.17, 15) is 26.4 Å². The number of halogens is 5. The molecule has 0 radical (unpaired) electrons. The summed E-state index contributed by atoms with van der Waals surface area (Å²) in [6, 6.07) is 13.8. The normalized spacial score (nSPS) is 11.8. The summed E-state index contributed by atoms with van der Waals surface area (Å²) in [5, 5.41) is 2.12. The maximum Gasteiger partial charge on any atom is 0.416 e. The van der Waals surface area contributed by atoms with Gasteiger partial charge in [0.1, 0.15) is 0 Å². The second-order valence-corrected chi connectivity index (χ2v) is 8.76. The third-order valence-corrected chi connectivity index (χ3v) is 6.11. The first-order chi connectivity index (χ1) is 14.5. The molecule has 0 saturated heterocycles. The van der Waals surface area contributed by atoms with Crippen LogP contribution in [-0.4, -0.2) is 14.3 Å². The van der Waals surface area contributed by atoms with Gasteiger partial charge in [-0.1, -0.05) is 41.4 Å². The maximum absolute atomic E-state index is 12.9. The Bertz CT molecular complexity index is 1230. The van der Waals surface area contributed by atoms with Crippen molar-refractivity contribution >= 4 is 50.5 Å². The highest BCUT2D eigenvalue weighted by atomic mass is 35.5. The number of anilines is 2. The van der Waals surface area contributed by atoms with Crippen LogP contribution in [-0.2, 0) is 16.2 Å². The summed E-state index contributed by atoms with van der Waals surface area (Å²) in [6.07, 6.45) is -4.63. The number of benzene rings is 3. The molecule has 0 fully saturated rings. The van der Waals surface area contributed by atoms with E-state index in [2.05, 4.69) is 10.0 Å². The van der Waals surface area contributed by atoms with Crippen molar-refractivity contribution in [1.82, 2.24) is 0 Å². The van der Waals surface area contributed by atoms with E-state index in [4.69, 9.17) is 23.2 Å². The first-order valence-corrected chi connectivity index (χ1v) is 10.8. The van der Waals surface area contributed by atoms with Crippen molar-refractivity contribution in [1.29, 1.82) is 0 Å². The Morgan fingerprint density at radius 3 is 2.16 bits per heavy atom. The highest BCUT2D eigenvalue weighted by Crippen LogP contribution is 2.34. The van der Waals surface area contributed by atoms with Crippen molar-refractivity contribution in [2.75, 3.05) is 10.0 Å². The van der Waals surface area contributed by atoms with Gasteiger partial charge in [-0.2, -0.15) is 13.2 Å². The minimum absolute atomic E-state index is 0.00620. The lowest BCUT2D eigenvalue weighted by atomic mass is 10.1. The zero-order chi connectivity index (χ0) is 22.8. The van der Waals surface area contributed by atoms with E-state index in [1.54, 1.807) is 18.2 Å². The van der Waals surface area contributed by atoms with Gasteiger partial charge in [0.15, 0.2) is 0 Å². The number of rotatable bonds is 5. The van der Waals surface area contributed by atoms with Crippen LogP contribution in [0.4, 0.5) is 24.5 Å². The van der Waals surface area contributed by atoms with Crippen molar-refractivity contribution in [3.05, 3.63) is 87.9 Å². The number of alkyl halides is 3. The molecule has 0 aliphatic carbocycles. The van der Waals surface area contributed by atoms with E-state index in [1.165, 1.54) is 30.3 Å². The minimum atomic E-state index is -4.63. The molecule has 162 valence electrons. The van der Waals surface area contributed by atoms with Crippen molar-refractivity contribution in [2.45, 2.75) is 11.1 Å². The summed E-state index contributed by atoms with van der Waals surface area (Å²) in [6.45, 7) is 0. The van der Waals surface area contributed by atoms with Crippen LogP contribution in [0.1, 0.15) is 15.9 Å². The summed E-state index contributed by atoms with van der Waals surface area (Å²) >= 11 is 11.9. The number of hydrogen-bond donors (Lipinski definition) is 2. The van der Waals surface area contributed by atoms with Gasteiger partial charge in [-0.15, -0.1) is 0 Å². The average Bonchev–Trinajstić information content (AvgIpc) is 2.70. The fourth-order valence-electron chi connectivity index (χ4n) is 2.56. The van der Waals surface area contributed by atoms with Gasteiger partial charge in [-0.25, -0.2) is 8.42 Å². The Hall–Kier alpha value is -2.75. The SMILES string of the molecule is O=C(Nc1cc(C(F)(F)F)ccc1Cl)c1cc(NS(=O)(=O)c2ccccc2)ccc1Cl. The van der Waals surface area contributed by atoms with Crippen LogP contribution in [0, 0.1) is 0 Å². The molecule has 5 nitrogen and oxygen atoms in total. The molecule has 0 aliphatic rings. The molecule has 2 N–H and O–H groups in total. The van der Waals surface area contributed by atoms with Gasteiger partial charge in [0.25, 0.3) is 15.9 Å². The number of carbonyl (C=O) groups is 1. The highest BCUT2D eigenvalue weighted by molar-refractivity contribution is 7.92. The average molecular weight is 489 g/mol. The fourth-order valence-corrected chi connectivity index (χ4v) is 4.00. The first-order valence-electron chi connectivity index (χ1n) is 8.53. The first kappa shape index (κ1) is 22.9. The quantitative estimate of drug-likeness (QED) is 0.457. The van der Waals surface area contributed by atoms with Crippen LogP contribution in [0.15, 0.2) is 71.6 Å². The van der Waals surface area contributed by atoms with Gasteiger partial charge in [0, 0.05) is 5.69 Å². The number of amides is 1. The molecular formula is C20H13Cl2F3N2O3S. The monoisotopic (exact) mass is 488 g/mol. The van der Waals surface area contributed by atoms with Gasteiger partial charge in [-0.05, 0) is 48.5 Å². The molecule has 0 saturated carbocycles. The second kappa shape index (κ2) is 8.78. The Kier molecular flexibility index (Phi) is 6.49. The molecule has 0 unspecified atom stereocenters. The molecule has 0 spiro atoms. The van der Waals surface area contributed by atoms with Crippen LogP contribution in [0.25, 0.3) is 0 Å². The summed E-state index contributed by atoms with van der Waals surface area (Å²) < 4.78 is 66.0. The van der Waals surface area contributed by atoms with Crippen molar-refractivity contribution in [3.8, 4) is 0 Å². The lowest BCUT2D eigenvalue weighted by Gasteiger charge is -2.13. The molecule has 0 aromatic heterocycles. The van der Waals surface area contributed by atoms with Crippen LogP contribution < -0.4 is 10.0 Å². The number of sulfonamides is 1. The van der Waals surface area contributed by atoms with E-state index < -0.39 is 27.7 Å². The molecule has 11 heteroatoms. The highest BCUT2D eigenvalue weighted by Gasteiger charge is 2.31. The van der Waals surface area contributed by atoms with E-state index in [1.807, 2.05) is 0 Å². The maximum atomic E-state index is 12.9. The molecule has 0 aliphatic heterocycles. The zero-order valence-electron chi connectivity index (χ0n) is 15.4. The Labute approximate surface area is 185 Å². The molecule has 0 bridgehead atoms. The van der Waals surface area contributed by atoms with E-state index in [0.29, 0.717) is 6.07 Å². The van der Waals surface area contributed by atoms with Gasteiger partial charge in [0.05, 0.1) is 31.8 Å².